The van der Waals surface area contributed by atoms with E-state index in [-0.39, 0.29) is 38.4 Å². The second kappa shape index (κ2) is 10.2. The van der Waals surface area contributed by atoms with Gasteiger partial charge in [0.25, 0.3) is 5.69 Å². The number of nitro groups is 1. The molecule has 1 atom stereocenters. The Hall–Kier alpha value is -3.27. The van der Waals surface area contributed by atoms with Gasteiger partial charge in [0.15, 0.2) is 0 Å². The van der Waals surface area contributed by atoms with E-state index in [1.165, 1.54) is 48.4 Å². The van der Waals surface area contributed by atoms with Gasteiger partial charge in [-0.05, 0) is 23.8 Å². The molecule has 28 heavy (non-hydrogen) atoms. The first-order valence-corrected chi connectivity index (χ1v) is 8.57. The summed E-state index contributed by atoms with van der Waals surface area (Å²) in [7, 11) is 1.47. The number of hydrogen-bond donors (Lipinski definition) is 1. The van der Waals surface area contributed by atoms with E-state index in [0.717, 1.165) is 0 Å². The molecule has 1 unspecified atom stereocenters. The normalized spacial score (nSPS) is 16.7. The zero-order valence-electron chi connectivity index (χ0n) is 15.3. The number of nitrogens with one attached hydrogen (secondary N) is 1. The predicted molar refractivity (Wildman–Crippen MR) is 98.1 cm³/mol. The van der Waals surface area contributed by atoms with Crippen LogP contribution in [0.4, 0.5) is 5.69 Å². The van der Waals surface area contributed by atoms with Crippen molar-refractivity contribution < 1.29 is 28.8 Å². The molecule has 1 N–H and O–H groups in total. The Morgan fingerprint density at radius 3 is 2.68 bits per heavy atom. The first-order chi connectivity index (χ1) is 13.4. The Labute approximate surface area is 161 Å². The lowest BCUT2D eigenvalue weighted by atomic mass is 10.1. The van der Waals surface area contributed by atoms with Crippen LogP contribution in [0, 0.1) is 10.1 Å². The molecule has 10 nitrogen and oxygen atoms in total. The van der Waals surface area contributed by atoms with Crippen LogP contribution in [0.1, 0.15) is 12.0 Å². The van der Waals surface area contributed by atoms with Crippen LogP contribution in [-0.4, -0.2) is 67.1 Å². The number of piperazine rings is 1. The number of carbonyl (C=O) groups excluding carboxylic acids is 3. The molecule has 150 valence electrons. The highest BCUT2D eigenvalue weighted by molar-refractivity contribution is 5.97. The number of nitro benzene ring substituents is 1. The fraction of sp³-hybridized carbons (Fsp3) is 0.389. The number of methoxy groups -OCH3 is 1. The molecule has 1 aliphatic heterocycles. The van der Waals surface area contributed by atoms with Gasteiger partial charge in [-0.3, -0.25) is 24.5 Å². The molecule has 0 bridgehead atoms. The maximum atomic E-state index is 12.5. The number of esters is 1. The van der Waals surface area contributed by atoms with E-state index in [2.05, 4.69) is 5.32 Å². The van der Waals surface area contributed by atoms with Crippen molar-refractivity contribution in [2.45, 2.75) is 12.5 Å². The molecule has 1 aromatic rings. The van der Waals surface area contributed by atoms with Gasteiger partial charge in [-0.25, -0.2) is 0 Å². The number of amides is 2. The van der Waals surface area contributed by atoms with Gasteiger partial charge in [0.05, 0.1) is 18.0 Å². The van der Waals surface area contributed by atoms with Crippen molar-refractivity contribution in [3.05, 3.63) is 46.0 Å². The topological polar surface area (TPSA) is 128 Å². The number of ether oxygens (including phenoxy) is 2. The van der Waals surface area contributed by atoms with Crippen LogP contribution in [0.25, 0.3) is 6.08 Å². The van der Waals surface area contributed by atoms with Crippen LogP contribution in [0.3, 0.4) is 0 Å². The summed E-state index contributed by atoms with van der Waals surface area (Å²) in [5, 5.41) is 13.3. The summed E-state index contributed by atoms with van der Waals surface area (Å²) in [5.74, 6) is -1.47. The van der Waals surface area contributed by atoms with Crippen LogP contribution in [0.2, 0.25) is 0 Å². The van der Waals surface area contributed by atoms with E-state index in [4.69, 9.17) is 9.47 Å². The van der Waals surface area contributed by atoms with Gasteiger partial charge in [0, 0.05) is 38.4 Å². The zero-order valence-corrected chi connectivity index (χ0v) is 15.3. The van der Waals surface area contributed by atoms with Crippen molar-refractivity contribution in [1.29, 1.82) is 0 Å². The number of rotatable bonds is 8. The molecule has 0 radical (unpaired) electrons. The lowest BCUT2D eigenvalue weighted by Crippen LogP contribution is -2.57. The molecule has 1 fully saturated rings. The quantitative estimate of drug-likeness (QED) is 0.225. The largest absolute Gasteiger partial charge is 0.463 e. The number of nitrogens with zero attached hydrogens (tertiary/aromatic N) is 2. The minimum absolute atomic E-state index is 0.0526. The third kappa shape index (κ3) is 5.88. The Bertz CT molecular complexity index is 761. The molecule has 1 aliphatic rings. The van der Waals surface area contributed by atoms with Crippen molar-refractivity contribution in [3.63, 3.8) is 0 Å². The lowest BCUT2D eigenvalue weighted by molar-refractivity contribution is -0.384. The van der Waals surface area contributed by atoms with E-state index in [1.54, 1.807) is 0 Å². The van der Waals surface area contributed by atoms with Crippen molar-refractivity contribution in [3.8, 4) is 0 Å². The van der Waals surface area contributed by atoms with Crippen molar-refractivity contribution in [2.75, 3.05) is 33.4 Å². The number of non-ortho nitro benzene ring substituents is 1. The SMILES string of the molecule is COCCOC(=O)CC1C(=O)NCCN1C(=O)/C=C/c1ccc([N+](=O)[O-])cc1. The summed E-state index contributed by atoms with van der Waals surface area (Å²) in [4.78, 5) is 48.0. The van der Waals surface area contributed by atoms with Gasteiger partial charge in [-0.2, -0.15) is 0 Å². The number of hydrogen-bond acceptors (Lipinski definition) is 7. The fourth-order valence-corrected chi connectivity index (χ4v) is 2.61. The van der Waals surface area contributed by atoms with Gasteiger partial charge in [-0.15, -0.1) is 0 Å². The molecular weight excluding hydrogens is 370 g/mol. The fourth-order valence-electron chi connectivity index (χ4n) is 2.61. The van der Waals surface area contributed by atoms with Gasteiger partial charge in [-0.1, -0.05) is 0 Å². The van der Waals surface area contributed by atoms with E-state index < -0.39 is 28.7 Å². The summed E-state index contributed by atoms with van der Waals surface area (Å²) >= 11 is 0. The minimum Gasteiger partial charge on any atom is -0.463 e. The molecule has 2 amide bonds. The highest BCUT2D eigenvalue weighted by Crippen LogP contribution is 2.14. The molecule has 1 saturated heterocycles. The van der Waals surface area contributed by atoms with Gasteiger partial charge >= 0.3 is 5.97 Å². The smallest absolute Gasteiger partial charge is 0.308 e. The molecule has 1 aromatic carbocycles. The molecule has 1 heterocycles. The molecule has 0 aromatic heterocycles. The van der Waals surface area contributed by atoms with Crippen molar-refractivity contribution in [1.82, 2.24) is 10.2 Å². The average molecular weight is 391 g/mol. The van der Waals surface area contributed by atoms with E-state index >= 15 is 0 Å². The summed E-state index contributed by atoms with van der Waals surface area (Å²) in [5.41, 5.74) is 0.541. The van der Waals surface area contributed by atoms with Gasteiger partial charge in [0.2, 0.25) is 11.8 Å². The first kappa shape index (κ1) is 21.0. The molecule has 0 spiro atoms. The van der Waals surface area contributed by atoms with Gasteiger partial charge < -0.3 is 19.7 Å². The third-order valence-corrected chi connectivity index (χ3v) is 4.05. The van der Waals surface area contributed by atoms with E-state index in [9.17, 15) is 24.5 Å². The highest BCUT2D eigenvalue weighted by Gasteiger charge is 2.34. The van der Waals surface area contributed by atoms with Crippen molar-refractivity contribution >= 4 is 29.5 Å². The van der Waals surface area contributed by atoms with E-state index in [1.807, 2.05) is 0 Å². The monoisotopic (exact) mass is 391 g/mol. The first-order valence-electron chi connectivity index (χ1n) is 8.57. The Morgan fingerprint density at radius 2 is 2.04 bits per heavy atom. The van der Waals surface area contributed by atoms with E-state index in [0.29, 0.717) is 5.56 Å². The molecule has 0 saturated carbocycles. The Balaban J connectivity index is 2.02. The van der Waals surface area contributed by atoms with Crippen LogP contribution in [0.15, 0.2) is 30.3 Å². The molecule has 2 rings (SSSR count). The summed E-state index contributed by atoms with van der Waals surface area (Å²) in [6.07, 6.45) is 2.50. The number of carbonyl (C=O) groups is 3. The maximum Gasteiger partial charge on any atom is 0.308 e. The second-order valence-electron chi connectivity index (χ2n) is 5.94. The second-order valence-corrected chi connectivity index (χ2v) is 5.94. The van der Waals surface area contributed by atoms with Crippen LogP contribution < -0.4 is 5.32 Å². The molecule has 0 aliphatic carbocycles. The summed E-state index contributed by atoms with van der Waals surface area (Å²) in [6.45, 7) is 0.844. The van der Waals surface area contributed by atoms with Crippen LogP contribution >= 0.6 is 0 Å². The molecular formula is C18H21N3O7. The van der Waals surface area contributed by atoms with Gasteiger partial charge in [0.1, 0.15) is 12.6 Å². The zero-order chi connectivity index (χ0) is 20.5. The Kier molecular flexibility index (Phi) is 7.64. The number of benzene rings is 1. The lowest BCUT2D eigenvalue weighted by Gasteiger charge is -2.33. The standard InChI is InChI=1S/C18H21N3O7/c1-27-10-11-28-17(23)12-15-18(24)19-8-9-20(15)16(22)7-4-13-2-5-14(6-3-13)21(25)26/h2-7,15H,8-12H2,1H3,(H,19,24)/b7-4+. The highest BCUT2D eigenvalue weighted by atomic mass is 16.6. The van der Waals surface area contributed by atoms with Crippen LogP contribution in [-0.2, 0) is 23.9 Å². The van der Waals surface area contributed by atoms with Crippen molar-refractivity contribution in [2.24, 2.45) is 0 Å². The Morgan fingerprint density at radius 1 is 1.32 bits per heavy atom. The summed E-state index contributed by atoms with van der Waals surface area (Å²) in [6, 6.07) is 4.72. The third-order valence-electron chi connectivity index (χ3n) is 4.05. The van der Waals surface area contributed by atoms with Crippen LogP contribution in [0.5, 0.6) is 0 Å². The summed E-state index contributed by atoms with van der Waals surface area (Å²) < 4.78 is 9.76. The average Bonchev–Trinajstić information content (AvgIpc) is 2.68. The molecule has 10 heteroatoms. The predicted octanol–water partition coefficient (Wildman–Crippen LogP) is 0.515. The minimum atomic E-state index is -0.960. The maximum absolute atomic E-state index is 12.5.